The highest BCUT2D eigenvalue weighted by Gasteiger charge is 2.15. The van der Waals surface area contributed by atoms with Crippen LogP contribution < -0.4 is 5.32 Å². The van der Waals surface area contributed by atoms with Crippen LogP contribution in [0, 0.1) is 5.95 Å². The average molecular weight is 323 g/mol. The second kappa shape index (κ2) is 5.93. The maximum Gasteiger partial charge on any atom is 0.256 e. The van der Waals surface area contributed by atoms with Crippen LogP contribution in [0.2, 0.25) is 0 Å². The third-order valence-electron chi connectivity index (χ3n) is 2.72. The second-order valence-corrected chi connectivity index (χ2v) is 5.00. The Morgan fingerprint density at radius 2 is 2.00 bits per heavy atom. The van der Waals surface area contributed by atoms with Gasteiger partial charge in [0.05, 0.1) is 11.6 Å². The molecule has 0 unspecified atom stereocenters. The van der Waals surface area contributed by atoms with E-state index in [0.29, 0.717) is 0 Å². The number of hydrogen-bond acceptors (Lipinski definition) is 2. The van der Waals surface area contributed by atoms with Crippen molar-refractivity contribution in [2.45, 2.75) is 13.0 Å². The van der Waals surface area contributed by atoms with Crippen LogP contribution in [0.5, 0.6) is 0 Å². The van der Waals surface area contributed by atoms with Gasteiger partial charge in [-0.1, -0.05) is 28.1 Å². The Bertz CT molecular complexity index is 586. The van der Waals surface area contributed by atoms with Gasteiger partial charge in [-0.05, 0) is 36.8 Å². The quantitative estimate of drug-likeness (QED) is 0.879. The highest BCUT2D eigenvalue weighted by molar-refractivity contribution is 9.10. The molecule has 0 saturated carbocycles. The Labute approximate surface area is 119 Å². The molecule has 0 radical (unpaired) electrons. The number of carbonyl (C=O) groups is 1. The number of pyridine rings is 1. The molecule has 0 aliphatic heterocycles. The van der Waals surface area contributed by atoms with Gasteiger partial charge < -0.3 is 5.32 Å². The van der Waals surface area contributed by atoms with E-state index in [2.05, 4.69) is 26.2 Å². The molecule has 0 aliphatic carbocycles. The van der Waals surface area contributed by atoms with E-state index >= 15 is 0 Å². The first-order valence-electron chi connectivity index (χ1n) is 5.75. The lowest BCUT2D eigenvalue weighted by atomic mass is 10.1. The third-order valence-corrected chi connectivity index (χ3v) is 3.25. The van der Waals surface area contributed by atoms with Crippen LogP contribution in [-0.4, -0.2) is 10.9 Å². The van der Waals surface area contributed by atoms with Crippen molar-refractivity contribution < 1.29 is 9.18 Å². The number of carbonyl (C=O) groups excluding carboxylic acids is 1. The molecule has 1 aromatic carbocycles. The summed E-state index contributed by atoms with van der Waals surface area (Å²) < 4.78 is 14.3. The van der Waals surface area contributed by atoms with Crippen molar-refractivity contribution in [2.24, 2.45) is 0 Å². The Hall–Kier alpha value is -1.75. The molecule has 5 heteroatoms. The van der Waals surface area contributed by atoms with Gasteiger partial charge in [0.1, 0.15) is 0 Å². The van der Waals surface area contributed by atoms with E-state index in [1.54, 1.807) is 0 Å². The maximum absolute atomic E-state index is 13.4. The minimum Gasteiger partial charge on any atom is -0.345 e. The summed E-state index contributed by atoms with van der Waals surface area (Å²) in [7, 11) is 0. The van der Waals surface area contributed by atoms with Gasteiger partial charge in [0.15, 0.2) is 0 Å². The first kappa shape index (κ1) is 13.7. The first-order chi connectivity index (χ1) is 9.08. The number of halogens is 2. The summed E-state index contributed by atoms with van der Waals surface area (Å²) >= 11 is 3.35. The lowest BCUT2D eigenvalue weighted by molar-refractivity contribution is 0.0935. The summed E-state index contributed by atoms with van der Waals surface area (Å²) in [4.78, 5) is 15.4. The van der Waals surface area contributed by atoms with Crippen LogP contribution in [-0.2, 0) is 0 Å². The Morgan fingerprint density at radius 3 is 2.63 bits per heavy atom. The zero-order valence-electron chi connectivity index (χ0n) is 10.2. The zero-order valence-corrected chi connectivity index (χ0v) is 11.8. The van der Waals surface area contributed by atoms with Gasteiger partial charge in [-0.2, -0.15) is 4.39 Å². The molecule has 3 nitrogen and oxygen atoms in total. The van der Waals surface area contributed by atoms with Gasteiger partial charge in [0.25, 0.3) is 5.91 Å². The Kier molecular flexibility index (Phi) is 4.27. The van der Waals surface area contributed by atoms with Crippen molar-refractivity contribution >= 4 is 21.8 Å². The summed E-state index contributed by atoms with van der Waals surface area (Å²) in [6.07, 6.45) is 1.31. The summed E-state index contributed by atoms with van der Waals surface area (Å²) in [6, 6.07) is 10.3. The van der Waals surface area contributed by atoms with Crippen molar-refractivity contribution in [1.82, 2.24) is 10.3 Å². The molecule has 0 saturated heterocycles. The Balaban J connectivity index is 2.11. The normalized spacial score (nSPS) is 11.9. The molecule has 0 aliphatic rings. The number of nitrogens with one attached hydrogen (secondary N) is 1. The highest BCUT2D eigenvalue weighted by Crippen LogP contribution is 2.17. The van der Waals surface area contributed by atoms with E-state index in [1.807, 2.05) is 31.2 Å². The van der Waals surface area contributed by atoms with Crippen molar-refractivity contribution in [3.05, 3.63) is 64.1 Å². The fourth-order valence-electron chi connectivity index (χ4n) is 1.66. The van der Waals surface area contributed by atoms with Crippen LogP contribution in [0.3, 0.4) is 0 Å². The van der Waals surface area contributed by atoms with Crippen molar-refractivity contribution in [3.8, 4) is 0 Å². The van der Waals surface area contributed by atoms with Crippen molar-refractivity contribution in [2.75, 3.05) is 0 Å². The fourth-order valence-corrected chi connectivity index (χ4v) is 1.93. The molecule has 0 spiro atoms. The van der Waals surface area contributed by atoms with Crippen LogP contribution in [0.25, 0.3) is 0 Å². The smallest absolute Gasteiger partial charge is 0.256 e. The molecule has 1 amide bonds. The van der Waals surface area contributed by atoms with Gasteiger partial charge in [-0.15, -0.1) is 0 Å². The summed E-state index contributed by atoms with van der Waals surface area (Å²) in [5.74, 6) is -1.23. The van der Waals surface area contributed by atoms with Crippen molar-refractivity contribution in [3.63, 3.8) is 0 Å². The molecule has 98 valence electrons. The highest BCUT2D eigenvalue weighted by atomic mass is 79.9. The predicted octanol–water partition coefficient (Wildman–Crippen LogP) is 3.47. The average Bonchev–Trinajstić information content (AvgIpc) is 2.39. The van der Waals surface area contributed by atoms with E-state index in [4.69, 9.17) is 0 Å². The lowest BCUT2D eigenvalue weighted by Gasteiger charge is -2.14. The molecule has 1 N–H and O–H groups in total. The molecule has 1 heterocycles. The van der Waals surface area contributed by atoms with E-state index in [1.165, 1.54) is 18.3 Å². The molecule has 1 atom stereocenters. The predicted molar refractivity (Wildman–Crippen MR) is 74.2 cm³/mol. The molecule has 1 aromatic heterocycles. The molecule has 19 heavy (non-hydrogen) atoms. The van der Waals surface area contributed by atoms with E-state index in [9.17, 15) is 9.18 Å². The minimum atomic E-state index is -0.761. The maximum atomic E-state index is 13.4. The SMILES string of the molecule is C[C@H](NC(=O)c1cccnc1F)c1ccc(Br)cc1. The largest absolute Gasteiger partial charge is 0.345 e. The van der Waals surface area contributed by atoms with Crippen LogP contribution >= 0.6 is 15.9 Å². The van der Waals surface area contributed by atoms with E-state index < -0.39 is 11.9 Å². The van der Waals surface area contributed by atoms with Gasteiger partial charge in [-0.25, -0.2) is 4.98 Å². The number of rotatable bonds is 3. The topological polar surface area (TPSA) is 42.0 Å². The minimum absolute atomic E-state index is 0.0496. The summed E-state index contributed by atoms with van der Waals surface area (Å²) in [5.41, 5.74) is 0.896. The number of aromatic nitrogens is 1. The first-order valence-corrected chi connectivity index (χ1v) is 6.54. The molecular weight excluding hydrogens is 311 g/mol. The molecule has 2 aromatic rings. The molecule has 0 fully saturated rings. The number of nitrogens with zero attached hydrogens (tertiary/aromatic N) is 1. The molecular formula is C14H12BrFN2O. The van der Waals surface area contributed by atoms with Gasteiger partial charge in [0, 0.05) is 10.7 Å². The van der Waals surface area contributed by atoms with Crippen LogP contribution in [0.15, 0.2) is 47.1 Å². The van der Waals surface area contributed by atoms with E-state index in [0.717, 1.165) is 10.0 Å². The van der Waals surface area contributed by atoms with Crippen molar-refractivity contribution in [1.29, 1.82) is 0 Å². The lowest BCUT2D eigenvalue weighted by Crippen LogP contribution is -2.27. The zero-order chi connectivity index (χ0) is 13.8. The standard InChI is InChI=1S/C14H12BrFN2O/c1-9(10-4-6-11(15)7-5-10)18-14(19)12-3-2-8-17-13(12)16/h2-9H,1H3,(H,18,19)/t9-/m0/s1. The van der Waals surface area contributed by atoms with E-state index in [-0.39, 0.29) is 11.6 Å². The number of amides is 1. The summed E-state index contributed by atoms with van der Waals surface area (Å²) in [5, 5.41) is 2.74. The number of benzene rings is 1. The number of hydrogen-bond donors (Lipinski definition) is 1. The van der Waals surface area contributed by atoms with Gasteiger partial charge in [0.2, 0.25) is 5.95 Å². The molecule has 0 bridgehead atoms. The fraction of sp³-hybridized carbons (Fsp3) is 0.143. The summed E-state index contributed by atoms with van der Waals surface area (Å²) in [6.45, 7) is 1.84. The van der Waals surface area contributed by atoms with Crippen LogP contribution in [0.1, 0.15) is 28.9 Å². The van der Waals surface area contributed by atoms with Gasteiger partial charge >= 0.3 is 0 Å². The Morgan fingerprint density at radius 1 is 1.32 bits per heavy atom. The third kappa shape index (κ3) is 3.38. The molecule has 2 rings (SSSR count). The van der Waals surface area contributed by atoms with Gasteiger partial charge in [-0.3, -0.25) is 4.79 Å². The monoisotopic (exact) mass is 322 g/mol. The van der Waals surface area contributed by atoms with Crippen LogP contribution in [0.4, 0.5) is 4.39 Å². The second-order valence-electron chi connectivity index (χ2n) is 4.09.